The van der Waals surface area contributed by atoms with Crippen LogP contribution in [0.25, 0.3) is 31.3 Å². The van der Waals surface area contributed by atoms with Crippen molar-refractivity contribution >= 4 is 31.5 Å². The first-order valence-corrected chi connectivity index (χ1v) is 11.9. The Balaban J connectivity index is 1.70. The summed E-state index contributed by atoms with van der Waals surface area (Å²) in [6.07, 6.45) is 0. The molecule has 0 nitrogen and oxygen atoms in total. The minimum atomic E-state index is -0.328. The number of rotatable bonds is 2. The quantitative estimate of drug-likeness (QED) is 0.261. The van der Waals surface area contributed by atoms with Gasteiger partial charge in [-0.15, -0.1) is 11.3 Å². The highest BCUT2D eigenvalue weighted by Gasteiger charge is 2.46. The summed E-state index contributed by atoms with van der Waals surface area (Å²) < 4.78 is 2.71. The van der Waals surface area contributed by atoms with E-state index < -0.39 is 0 Å². The predicted molar refractivity (Wildman–Crippen MR) is 137 cm³/mol. The lowest BCUT2D eigenvalue weighted by atomic mass is 9.67. The molecule has 0 amide bonds. The molecule has 0 saturated heterocycles. The minimum Gasteiger partial charge on any atom is -0.135 e. The molecule has 0 unspecified atom stereocenters. The van der Waals surface area contributed by atoms with Gasteiger partial charge >= 0.3 is 0 Å². The summed E-state index contributed by atoms with van der Waals surface area (Å²) in [5.41, 5.74) is 7.75. The van der Waals surface area contributed by atoms with Gasteiger partial charge in [-0.3, -0.25) is 0 Å². The number of fused-ring (bicyclic) bond motifs is 6. The summed E-state index contributed by atoms with van der Waals surface area (Å²) in [6, 6.07) is 44.7. The van der Waals surface area contributed by atoms with Gasteiger partial charge < -0.3 is 0 Å². The van der Waals surface area contributed by atoms with Gasteiger partial charge in [-0.1, -0.05) is 103 Å². The molecule has 6 aromatic rings. The first-order chi connectivity index (χ1) is 15.9. The van der Waals surface area contributed by atoms with Crippen LogP contribution in [0.4, 0.5) is 0 Å². The molecule has 5 aromatic carbocycles. The highest BCUT2D eigenvalue weighted by Crippen LogP contribution is 2.57. The number of thiophene rings is 1. The fourth-order valence-corrected chi connectivity index (χ4v) is 6.79. The molecule has 0 N–H and O–H groups in total. The van der Waals surface area contributed by atoms with Crippen LogP contribution in [-0.2, 0) is 5.41 Å². The van der Waals surface area contributed by atoms with Crippen LogP contribution >= 0.6 is 11.3 Å². The maximum atomic E-state index is 2.48. The molecular formula is C31H20S. The Kier molecular flexibility index (Phi) is 3.73. The lowest BCUT2D eigenvalue weighted by molar-refractivity contribution is 0.769. The lowest BCUT2D eigenvalue weighted by Crippen LogP contribution is -2.28. The minimum absolute atomic E-state index is 0.328. The normalized spacial score (nSPS) is 13.9. The Labute approximate surface area is 191 Å². The standard InChI is InChI=1S/C31H20S/c1-3-11-21(12-4-1)31(22-13-5-2-6-14-22)27-17-9-7-15-23(27)25-20-30-26(19-28(25)31)24-16-8-10-18-29(24)32-30/h1-20H. The second-order valence-electron chi connectivity index (χ2n) is 8.52. The largest absolute Gasteiger partial charge is 0.135 e. The van der Waals surface area contributed by atoms with Crippen LogP contribution in [0.15, 0.2) is 121 Å². The van der Waals surface area contributed by atoms with Crippen molar-refractivity contribution in [3.63, 3.8) is 0 Å². The summed E-state index contributed by atoms with van der Waals surface area (Å²) >= 11 is 1.89. The maximum absolute atomic E-state index is 2.48. The molecule has 7 rings (SSSR count). The zero-order valence-corrected chi connectivity index (χ0v) is 18.3. The zero-order valence-electron chi connectivity index (χ0n) is 17.5. The van der Waals surface area contributed by atoms with Crippen molar-refractivity contribution < 1.29 is 0 Å². The van der Waals surface area contributed by atoms with Crippen LogP contribution in [0.3, 0.4) is 0 Å². The molecule has 1 aromatic heterocycles. The van der Waals surface area contributed by atoms with E-state index in [0.717, 1.165) is 0 Å². The Morgan fingerprint density at radius 2 is 1.06 bits per heavy atom. The Bertz CT molecular complexity index is 1570. The number of hydrogen-bond donors (Lipinski definition) is 0. The first-order valence-electron chi connectivity index (χ1n) is 11.0. The molecule has 0 aliphatic heterocycles. The molecule has 1 aliphatic carbocycles. The van der Waals surface area contributed by atoms with Crippen molar-refractivity contribution in [3.8, 4) is 11.1 Å². The summed E-state index contributed by atoms with van der Waals surface area (Å²) in [5, 5.41) is 2.70. The van der Waals surface area contributed by atoms with Gasteiger partial charge in [-0.2, -0.15) is 0 Å². The molecule has 0 radical (unpaired) electrons. The molecule has 0 bridgehead atoms. The SMILES string of the molecule is c1ccc(C2(c3ccccc3)c3ccccc3-c3cc4sc5ccccc5c4cc32)cc1. The van der Waals surface area contributed by atoms with Crippen LogP contribution in [-0.4, -0.2) is 0 Å². The average Bonchev–Trinajstić information content (AvgIpc) is 3.37. The van der Waals surface area contributed by atoms with Gasteiger partial charge in [0.05, 0.1) is 5.41 Å². The summed E-state index contributed by atoms with van der Waals surface area (Å²) in [7, 11) is 0. The fourth-order valence-electron chi connectivity index (χ4n) is 5.66. The van der Waals surface area contributed by atoms with E-state index >= 15 is 0 Å². The van der Waals surface area contributed by atoms with Crippen LogP contribution in [0.1, 0.15) is 22.3 Å². The second-order valence-corrected chi connectivity index (χ2v) is 9.60. The smallest absolute Gasteiger partial charge is 0.0713 e. The van der Waals surface area contributed by atoms with Gasteiger partial charge in [0, 0.05) is 20.2 Å². The highest BCUT2D eigenvalue weighted by atomic mass is 32.1. The molecular weight excluding hydrogens is 404 g/mol. The van der Waals surface area contributed by atoms with E-state index in [4.69, 9.17) is 0 Å². The van der Waals surface area contributed by atoms with E-state index in [1.807, 2.05) is 11.3 Å². The maximum Gasteiger partial charge on any atom is 0.0713 e. The van der Waals surface area contributed by atoms with Crippen LogP contribution in [0.5, 0.6) is 0 Å². The Morgan fingerprint density at radius 3 is 1.81 bits per heavy atom. The Morgan fingerprint density at radius 1 is 0.438 bits per heavy atom. The van der Waals surface area contributed by atoms with Crippen LogP contribution in [0.2, 0.25) is 0 Å². The van der Waals surface area contributed by atoms with Gasteiger partial charge in [0.2, 0.25) is 0 Å². The zero-order chi connectivity index (χ0) is 21.1. The van der Waals surface area contributed by atoms with Crippen molar-refractivity contribution in [2.24, 2.45) is 0 Å². The van der Waals surface area contributed by atoms with Gasteiger partial charge in [-0.05, 0) is 51.6 Å². The van der Waals surface area contributed by atoms with E-state index in [-0.39, 0.29) is 5.41 Å². The fraction of sp³-hybridized carbons (Fsp3) is 0.0323. The molecule has 0 spiro atoms. The summed E-state index contributed by atoms with van der Waals surface area (Å²) in [6.45, 7) is 0. The van der Waals surface area contributed by atoms with Crippen LogP contribution in [0, 0.1) is 0 Å². The van der Waals surface area contributed by atoms with E-state index in [1.54, 1.807) is 0 Å². The van der Waals surface area contributed by atoms with Crippen molar-refractivity contribution in [3.05, 3.63) is 144 Å². The molecule has 0 atom stereocenters. The second kappa shape index (κ2) is 6.66. The van der Waals surface area contributed by atoms with Crippen molar-refractivity contribution in [1.29, 1.82) is 0 Å². The third kappa shape index (κ3) is 2.26. The molecule has 1 aliphatic rings. The molecule has 0 saturated carbocycles. The van der Waals surface area contributed by atoms with Crippen molar-refractivity contribution in [2.75, 3.05) is 0 Å². The van der Waals surface area contributed by atoms with Crippen molar-refractivity contribution in [1.82, 2.24) is 0 Å². The molecule has 1 heteroatoms. The molecule has 0 fully saturated rings. The number of hydrogen-bond acceptors (Lipinski definition) is 1. The predicted octanol–water partition coefficient (Wildman–Crippen LogP) is 8.42. The first kappa shape index (κ1) is 17.9. The van der Waals surface area contributed by atoms with Gasteiger partial charge in [0.1, 0.15) is 0 Å². The third-order valence-electron chi connectivity index (χ3n) is 6.96. The van der Waals surface area contributed by atoms with Crippen LogP contribution < -0.4 is 0 Å². The van der Waals surface area contributed by atoms with E-state index in [1.165, 1.54) is 53.6 Å². The molecule has 150 valence electrons. The average molecular weight is 425 g/mol. The summed E-state index contributed by atoms with van der Waals surface area (Å²) in [4.78, 5) is 0. The van der Waals surface area contributed by atoms with Gasteiger partial charge in [0.15, 0.2) is 0 Å². The van der Waals surface area contributed by atoms with E-state index in [9.17, 15) is 0 Å². The third-order valence-corrected chi connectivity index (χ3v) is 8.09. The van der Waals surface area contributed by atoms with E-state index in [2.05, 4.69) is 121 Å². The number of benzene rings is 5. The highest BCUT2D eigenvalue weighted by molar-refractivity contribution is 7.25. The summed E-state index contributed by atoms with van der Waals surface area (Å²) in [5.74, 6) is 0. The molecule has 32 heavy (non-hydrogen) atoms. The molecule has 1 heterocycles. The van der Waals surface area contributed by atoms with Gasteiger partial charge in [0.25, 0.3) is 0 Å². The topological polar surface area (TPSA) is 0 Å². The van der Waals surface area contributed by atoms with Crippen molar-refractivity contribution in [2.45, 2.75) is 5.41 Å². The van der Waals surface area contributed by atoms with Gasteiger partial charge in [-0.25, -0.2) is 0 Å². The Hall–Kier alpha value is -3.68. The van der Waals surface area contributed by atoms with E-state index in [0.29, 0.717) is 0 Å². The lowest BCUT2D eigenvalue weighted by Gasteiger charge is -2.33. The monoisotopic (exact) mass is 424 g/mol.